The van der Waals surface area contributed by atoms with Crippen LogP contribution < -0.4 is 30.7 Å². The van der Waals surface area contributed by atoms with E-state index in [1.54, 1.807) is 0 Å². The first-order valence-corrected chi connectivity index (χ1v) is 22.7. The zero-order valence-electron chi connectivity index (χ0n) is 38.2. The van der Waals surface area contributed by atoms with Crippen LogP contribution in [0.15, 0.2) is 121 Å². The van der Waals surface area contributed by atoms with Gasteiger partial charge in [-0.1, -0.05) is 56.3 Å². The molecule has 4 heterocycles. The quantitative estimate of drug-likeness (QED) is 0.138. The molecule has 6 nitrogen and oxygen atoms in total. The van der Waals surface area contributed by atoms with E-state index in [1.807, 2.05) is 0 Å². The molecular formula is C55H66N6. The average Bonchev–Trinajstić information content (AvgIpc) is 3.24. The molecular weight excluding hydrogens is 745 g/mol. The second-order valence-corrected chi connectivity index (χ2v) is 20.1. The average molecular weight is 811 g/mol. The summed E-state index contributed by atoms with van der Waals surface area (Å²) in [5.41, 5.74) is 17.4. The highest BCUT2D eigenvalue weighted by Crippen LogP contribution is 2.52. The number of para-hydroxylation sites is 2. The molecule has 0 bridgehead atoms. The monoisotopic (exact) mass is 811 g/mol. The van der Waals surface area contributed by atoms with Crippen LogP contribution in [0.1, 0.15) is 103 Å². The highest BCUT2D eigenvalue weighted by Gasteiger charge is 2.42. The molecule has 9 rings (SSSR count). The maximum atomic E-state index is 4.15. The fraction of sp³-hybridized carbons (Fsp3) is 0.382. The van der Waals surface area contributed by atoms with E-state index in [9.17, 15) is 0 Å². The molecule has 0 saturated carbocycles. The Balaban J connectivity index is 1.10. The van der Waals surface area contributed by atoms with Crippen molar-refractivity contribution in [3.05, 3.63) is 144 Å². The zero-order valence-corrected chi connectivity index (χ0v) is 38.2. The van der Waals surface area contributed by atoms with Crippen molar-refractivity contribution < 1.29 is 0 Å². The Morgan fingerprint density at radius 3 is 2.03 bits per heavy atom. The maximum absolute atomic E-state index is 4.15. The lowest BCUT2D eigenvalue weighted by molar-refractivity contribution is 0.322. The number of benzene rings is 5. The van der Waals surface area contributed by atoms with Gasteiger partial charge in [0.1, 0.15) is 0 Å². The van der Waals surface area contributed by atoms with Gasteiger partial charge in [-0.05, 0) is 182 Å². The number of rotatable bonds is 9. The van der Waals surface area contributed by atoms with Crippen molar-refractivity contribution >= 4 is 56.8 Å². The Morgan fingerprint density at radius 2 is 1.33 bits per heavy atom. The van der Waals surface area contributed by atoms with Crippen LogP contribution in [-0.4, -0.2) is 36.3 Å². The first kappa shape index (κ1) is 40.8. The first-order valence-electron chi connectivity index (χ1n) is 22.7. The molecule has 4 aliphatic rings. The fourth-order valence-electron chi connectivity index (χ4n) is 10.4. The predicted octanol–water partition coefficient (Wildman–Crippen LogP) is 13.8. The lowest BCUT2D eigenvalue weighted by atomic mass is 9.73. The molecule has 0 radical (unpaired) electrons. The summed E-state index contributed by atoms with van der Waals surface area (Å²) < 4.78 is 0. The lowest BCUT2D eigenvalue weighted by Crippen LogP contribution is -2.49. The number of anilines is 8. The molecule has 5 aromatic carbocycles. The molecule has 0 spiro atoms. The Bertz CT molecular complexity index is 2520. The third-order valence-electron chi connectivity index (χ3n) is 14.9. The Kier molecular flexibility index (Phi) is 10.1. The van der Waals surface area contributed by atoms with Crippen molar-refractivity contribution in [1.82, 2.24) is 0 Å². The standard InChI is InChI=1S/C55H66N6/c1-11-54(7)28-26-38-32-48-39(31-47(38)57-54)27-29-55(8,58-48)37(2)30-40-35-53(5,6)61(50-24-22-42(33-45(40)50)56-41-18-14-12-15-19-41)51-36-52(3,4)60(10)49-25-23-44(34-46(49)51)59(9)43-20-16-13-17-21-43/h12-25,31-37,56-58H,11,26-30H2,1-10H3. The van der Waals surface area contributed by atoms with Gasteiger partial charge in [-0.25, -0.2) is 0 Å². The second-order valence-electron chi connectivity index (χ2n) is 20.1. The van der Waals surface area contributed by atoms with Gasteiger partial charge in [-0.2, -0.15) is 0 Å². The zero-order chi connectivity index (χ0) is 42.9. The van der Waals surface area contributed by atoms with Crippen LogP contribution in [0.2, 0.25) is 0 Å². The third-order valence-corrected chi connectivity index (χ3v) is 14.9. The molecule has 3 unspecified atom stereocenters. The molecule has 4 aliphatic heterocycles. The van der Waals surface area contributed by atoms with Crippen molar-refractivity contribution in [3.63, 3.8) is 0 Å². The van der Waals surface area contributed by atoms with Gasteiger partial charge in [0.05, 0.1) is 11.1 Å². The topological polar surface area (TPSA) is 45.8 Å². The van der Waals surface area contributed by atoms with E-state index in [2.05, 4.69) is 221 Å². The van der Waals surface area contributed by atoms with Gasteiger partial charge >= 0.3 is 0 Å². The number of hydrogen-bond donors (Lipinski definition) is 3. The molecule has 0 aliphatic carbocycles. The summed E-state index contributed by atoms with van der Waals surface area (Å²) in [6, 6.07) is 40.1. The Hall–Kier alpha value is -5.62. The Labute approximate surface area is 365 Å². The summed E-state index contributed by atoms with van der Waals surface area (Å²) in [4.78, 5) is 7.34. The normalized spacial score (nSPS) is 22.5. The van der Waals surface area contributed by atoms with Gasteiger partial charge < -0.3 is 30.7 Å². The van der Waals surface area contributed by atoms with E-state index in [1.165, 1.54) is 68.4 Å². The number of likely N-dealkylation sites (N-methyl/N-ethyl adjacent to an activating group) is 1. The van der Waals surface area contributed by atoms with Gasteiger partial charge in [0.25, 0.3) is 0 Å². The van der Waals surface area contributed by atoms with E-state index in [0.29, 0.717) is 5.92 Å². The minimum absolute atomic E-state index is 0.0515. The van der Waals surface area contributed by atoms with E-state index in [-0.39, 0.29) is 22.2 Å². The number of allylic oxidation sites excluding steroid dienone is 1. The molecule has 61 heavy (non-hydrogen) atoms. The van der Waals surface area contributed by atoms with Crippen molar-refractivity contribution in [2.45, 2.75) is 116 Å². The minimum atomic E-state index is -0.320. The van der Waals surface area contributed by atoms with Crippen LogP contribution in [0.4, 0.5) is 45.5 Å². The molecule has 0 saturated heterocycles. The SMILES string of the molecule is CCC1(C)CCc2cc3c(cc2N1)CCC(C)(C(C)CC1=CC(C)(C)N(C2=CC(C)(C)N(C)c4ccc(N(C)c5ccccc5)cc42)c2ccc(Nc4ccccc4)cc21)N3. The Morgan fingerprint density at radius 1 is 0.672 bits per heavy atom. The fourth-order valence-corrected chi connectivity index (χ4v) is 10.4. The van der Waals surface area contributed by atoms with Crippen molar-refractivity contribution in [1.29, 1.82) is 0 Å². The molecule has 6 heteroatoms. The smallest absolute Gasteiger partial charge is 0.0583 e. The summed E-state index contributed by atoms with van der Waals surface area (Å²) in [5.74, 6) is 0.378. The van der Waals surface area contributed by atoms with Crippen LogP contribution in [0.25, 0.3) is 11.3 Å². The van der Waals surface area contributed by atoms with Gasteiger partial charge in [0, 0.05) is 87.5 Å². The highest BCUT2D eigenvalue weighted by atomic mass is 15.3. The van der Waals surface area contributed by atoms with Crippen molar-refractivity contribution in [3.8, 4) is 0 Å². The largest absolute Gasteiger partial charge is 0.380 e. The van der Waals surface area contributed by atoms with Crippen molar-refractivity contribution in [2.24, 2.45) is 5.92 Å². The van der Waals surface area contributed by atoms with Crippen LogP contribution in [0.5, 0.6) is 0 Å². The molecule has 0 aromatic heterocycles. The summed E-state index contributed by atoms with van der Waals surface area (Å²) in [5, 5.41) is 11.8. The minimum Gasteiger partial charge on any atom is -0.380 e. The van der Waals surface area contributed by atoms with Crippen LogP contribution >= 0.6 is 0 Å². The number of aryl methyl sites for hydroxylation is 2. The molecule has 3 N–H and O–H groups in total. The second kappa shape index (κ2) is 15.1. The van der Waals surface area contributed by atoms with Crippen LogP contribution in [0, 0.1) is 5.92 Å². The van der Waals surface area contributed by atoms with Gasteiger partial charge in [-0.3, -0.25) is 0 Å². The van der Waals surface area contributed by atoms with E-state index in [4.69, 9.17) is 0 Å². The van der Waals surface area contributed by atoms with Gasteiger partial charge in [0.2, 0.25) is 0 Å². The van der Waals surface area contributed by atoms with E-state index >= 15 is 0 Å². The predicted molar refractivity (Wildman–Crippen MR) is 263 cm³/mol. The molecule has 0 fully saturated rings. The summed E-state index contributed by atoms with van der Waals surface area (Å²) >= 11 is 0. The van der Waals surface area contributed by atoms with E-state index in [0.717, 1.165) is 49.2 Å². The summed E-state index contributed by atoms with van der Waals surface area (Å²) in [6.45, 7) is 19.1. The number of nitrogens with one attached hydrogen (secondary N) is 3. The van der Waals surface area contributed by atoms with Gasteiger partial charge in [-0.15, -0.1) is 0 Å². The third kappa shape index (κ3) is 7.46. The van der Waals surface area contributed by atoms with Gasteiger partial charge in [0.15, 0.2) is 0 Å². The number of fused-ring (bicyclic) bond motifs is 4. The lowest BCUT2D eigenvalue weighted by Gasteiger charge is -2.50. The summed E-state index contributed by atoms with van der Waals surface area (Å²) in [7, 11) is 4.40. The van der Waals surface area contributed by atoms with Crippen molar-refractivity contribution in [2.75, 3.05) is 44.7 Å². The van der Waals surface area contributed by atoms with Crippen LogP contribution in [-0.2, 0) is 12.8 Å². The van der Waals surface area contributed by atoms with Crippen LogP contribution in [0.3, 0.4) is 0 Å². The number of hydrogen-bond acceptors (Lipinski definition) is 6. The molecule has 5 aromatic rings. The number of nitrogens with zero attached hydrogens (tertiary/aromatic N) is 3. The van der Waals surface area contributed by atoms with E-state index < -0.39 is 0 Å². The molecule has 0 amide bonds. The first-order chi connectivity index (χ1) is 29.1. The highest BCUT2D eigenvalue weighted by molar-refractivity contribution is 5.97. The maximum Gasteiger partial charge on any atom is 0.0583 e. The molecule has 3 atom stereocenters. The summed E-state index contributed by atoms with van der Waals surface area (Å²) in [6.07, 6.45) is 11.7. The molecule has 316 valence electrons.